The van der Waals surface area contributed by atoms with Gasteiger partial charge in [-0.1, -0.05) is 13.0 Å². The quantitative estimate of drug-likeness (QED) is 0.262. The van der Waals surface area contributed by atoms with E-state index in [9.17, 15) is 13.6 Å². The van der Waals surface area contributed by atoms with E-state index < -0.39 is 12.0 Å². The molecule has 220 valence electrons. The molecule has 4 aromatic rings. The summed E-state index contributed by atoms with van der Waals surface area (Å²) < 4.78 is 28.1. The molecule has 4 heterocycles. The molecule has 1 amide bonds. The molecule has 1 aliphatic heterocycles. The molecule has 1 unspecified atom stereocenters. The van der Waals surface area contributed by atoms with Gasteiger partial charge in [0.2, 0.25) is 0 Å². The molecule has 0 bridgehead atoms. The number of benzene rings is 1. The van der Waals surface area contributed by atoms with Crippen molar-refractivity contribution in [2.45, 2.75) is 45.2 Å². The maximum Gasteiger partial charge on any atom is 0.251 e. The van der Waals surface area contributed by atoms with E-state index >= 15 is 0 Å². The summed E-state index contributed by atoms with van der Waals surface area (Å²) in [7, 11) is 1.52. The van der Waals surface area contributed by atoms with Crippen molar-refractivity contribution in [3.63, 3.8) is 0 Å². The van der Waals surface area contributed by atoms with Crippen LogP contribution < -0.4 is 10.6 Å². The van der Waals surface area contributed by atoms with Crippen LogP contribution in [0.25, 0.3) is 22.2 Å². The molecule has 1 aromatic carbocycles. The van der Waals surface area contributed by atoms with Crippen LogP contribution in [0.1, 0.15) is 54.2 Å². The van der Waals surface area contributed by atoms with Gasteiger partial charge < -0.3 is 15.5 Å². The number of amides is 1. The second-order valence-electron chi connectivity index (χ2n) is 11.1. The first-order valence-electron chi connectivity index (χ1n) is 14.5. The third-order valence-corrected chi connectivity index (χ3v) is 7.97. The van der Waals surface area contributed by atoms with Gasteiger partial charge in [-0.15, -0.1) is 0 Å². The molecule has 0 spiro atoms. The third kappa shape index (κ3) is 6.87. The van der Waals surface area contributed by atoms with E-state index in [0.717, 1.165) is 54.9 Å². The summed E-state index contributed by atoms with van der Waals surface area (Å²) in [5.74, 6) is 0.345. The van der Waals surface area contributed by atoms with E-state index in [1.54, 1.807) is 13.0 Å². The van der Waals surface area contributed by atoms with Crippen molar-refractivity contribution in [3.8, 4) is 11.3 Å². The van der Waals surface area contributed by atoms with Gasteiger partial charge in [0.1, 0.15) is 24.1 Å². The molecule has 2 N–H and O–H groups in total. The average molecular weight is 574 g/mol. The number of rotatable bonds is 10. The van der Waals surface area contributed by atoms with Gasteiger partial charge >= 0.3 is 0 Å². The Kier molecular flexibility index (Phi) is 9.31. The van der Waals surface area contributed by atoms with Crippen molar-refractivity contribution in [1.82, 2.24) is 30.2 Å². The zero-order valence-electron chi connectivity index (χ0n) is 24.3. The molecule has 0 aliphatic carbocycles. The molecular formula is C32H37F2N7O. The fourth-order valence-corrected chi connectivity index (χ4v) is 5.67. The Labute approximate surface area is 245 Å². The summed E-state index contributed by atoms with van der Waals surface area (Å²) >= 11 is 0. The molecule has 1 aliphatic rings. The molecule has 5 rings (SSSR count). The van der Waals surface area contributed by atoms with Crippen LogP contribution in [0.4, 0.5) is 14.6 Å². The Morgan fingerprint density at radius 3 is 2.60 bits per heavy atom. The molecule has 2 atom stereocenters. The molecular weight excluding hydrogens is 536 g/mol. The number of nitrogens with one attached hydrogen (secondary N) is 2. The fraction of sp³-hybridized carbons (Fsp3) is 0.406. The van der Waals surface area contributed by atoms with Gasteiger partial charge in [0.25, 0.3) is 5.91 Å². The van der Waals surface area contributed by atoms with Crippen LogP contribution >= 0.6 is 0 Å². The first-order chi connectivity index (χ1) is 20.3. The number of pyridine rings is 2. The largest absolute Gasteiger partial charge is 0.369 e. The first-order valence-corrected chi connectivity index (χ1v) is 14.5. The highest BCUT2D eigenvalue weighted by Gasteiger charge is 2.21. The van der Waals surface area contributed by atoms with Gasteiger partial charge in [0.15, 0.2) is 0 Å². The minimum Gasteiger partial charge on any atom is -0.369 e. The molecule has 0 radical (unpaired) electrons. The highest BCUT2D eigenvalue weighted by Crippen LogP contribution is 2.29. The van der Waals surface area contributed by atoms with Crippen molar-refractivity contribution < 1.29 is 13.6 Å². The van der Waals surface area contributed by atoms with E-state index in [0.29, 0.717) is 30.3 Å². The van der Waals surface area contributed by atoms with Gasteiger partial charge in [-0.25, -0.2) is 18.7 Å². The predicted molar refractivity (Wildman–Crippen MR) is 161 cm³/mol. The van der Waals surface area contributed by atoms with E-state index in [1.165, 1.54) is 31.7 Å². The van der Waals surface area contributed by atoms with Crippen molar-refractivity contribution >= 4 is 22.6 Å². The van der Waals surface area contributed by atoms with Crippen molar-refractivity contribution in [2.75, 3.05) is 38.5 Å². The van der Waals surface area contributed by atoms with Crippen LogP contribution in [0.5, 0.6) is 0 Å². The zero-order chi connectivity index (χ0) is 29.6. The van der Waals surface area contributed by atoms with Crippen LogP contribution in [0.3, 0.4) is 0 Å². The summed E-state index contributed by atoms with van der Waals surface area (Å²) in [5.41, 5.74) is 4.28. The lowest BCUT2D eigenvalue weighted by atomic mass is 9.91. The normalized spacial score (nSPS) is 15.8. The highest BCUT2D eigenvalue weighted by molar-refractivity contribution is 6.06. The minimum atomic E-state index is -0.783. The van der Waals surface area contributed by atoms with Crippen LogP contribution in [0, 0.1) is 11.7 Å². The molecule has 0 saturated carbocycles. The lowest BCUT2D eigenvalue weighted by molar-refractivity contribution is 0.0964. The van der Waals surface area contributed by atoms with E-state index in [1.807, 2.05) is 25.3 Å². The molecule has 1 saturated heterocycles. The SMILES string of the molecule is CNC(=O)c1ccnc2c([C@H](C)CNc3cc(-c4ccc(CC5CCN(CC(C)F)CC5)nc4)ncn3)ccc(F)c12. The average Bonchev–Trinajstić information content (AvgIpc) is 3.00. The van der Waals surface area contributed by atoms with E-state index in [4.69, 9.17) is 4.98 Å². The number of fused-ring (bicyclic) bond motifs is 1. The summed E-state index contributed by atoms with van der Waals surface area (Å²) in [4.78, 5) is 32.5. The monoisotopic (exact) mass is 573 g/mol. The number of halogens is 2. The number of likely N-dealkylation sites (tertiary alicyclic amines) is 1. The lowest BCUT2D eigenvalue weighted by Crippen LogP contribution is -2.37. The second kappa shape index (κ2) is 13.3. The predicted octanol–water partition coefficient (Wildman–Crippen LogP) is 5.41. The van der Waals surface area contributed by atoms with Gasteiger partial charge in [0, 0.05) is 61.2 Å². The zero-order valence-corrected chi connectivity index (χ0v) is 24.3. The molecule has 42 heavy (non-hydrogen) atoms. The standard InChI is InChI=1S/C32H37F2N7O/c1-20(25-6-7-27(34)30-26(32(42)35-3)8-11-36-31(25)30)16-38-29-15-28(39-19-40-29)23-4-5-24(37-17-23)14-22-9-12-41(13-10-22)18-21(2)33/h4-8,11,15,17,19-22H,9-10,12-14,16,18H2,1-3H3,(H,35,42)(H,38,39,40)/t20-,21?/m1/s1. The van der Waals surface area contributed by atoms with E-state index in [2.05, 4.69) is 36.6 Å². The summed E-state index contributed by atoms with van der Waals surface area (Å²) in [6, 6.07) is 10.6. The van der Waals surface area contributed by atoms with Gasteiger partial charge in [-0.3, -0.25) is 14.8 Å². The number of hydrogen-bond acceptors (Lipinski definition) is 7. The maximum absolute atomic E-state index is 14.8. The van der Waals surface area contributed by atoms with Crippen LogP contribution in [0.15, 0.2) is 55.1 Å². The minimum absolute atomic E-state index is 0.0489. The number of aromatic nitrogens is 4. The Morgan fingerprint density at radius 2 is 1.88 bits per heavy atom. The number of alkyl halides is 1. The van der Waals surface area contributed by atoms with Crippen molar-refractivity contribution in [1.29, 1.82) is 0 Å². The number of nitrogens with zero attached hydrogens (tertiary/aromatic N) is 5. The summed E-state index contributed by atoms with van der Waals surface area (Å²) in [6.07, 6.45) is 7.17. The second-order valence-corrected chi connectivity index (χ2v) is 11.1. The van der Waals surface area contributed by atoms with Crippen molar-refractivity contribution in [3.05, 3.63) is 77.8 Å². The summed E-state index contributed by atoms with van der Waals surface area (Å²) in [6.45, 7) is 6.56. The number of carbonyl (C=O) groups is 1. The smallest absolute Gasteiger partial charge is 0.251 e. The fourth-order valence-electron chi connectivity index (χ4n) is 5.67. The Bertz CT molecular complexity index is 1520. The maximum atomic E-state index is 14.8. The van der Waals surface area contributed by atoms with Crippen LogP contribution in [-0.2, 0) is 6.42 Å². The highest BCUT2D eigenvalue weighted by atomic mass is 19.1. The number of piperidine rings is 1. The Morgan fingerprint density at radius 1 is 1.07 bits per heavy atom. The van der Waals surface area contributed by atoms with Crippen LogP contribution in [-0.4, -0.2) is 70.1 Å². The molecule has 8 nitrogen and oxygen atoms in total. The van der Waals surface area contributed by atoms with Crippen molar-refractivity contribution in [2.24, 2.45) is 5.92 Å². The van der Waals surface area contributed by atoms with Crippen LogP contribution in [0.2, 0.25) is 0 Å². The van der Waals surface area contributed by atoms with Gasteiger partial charge in [-0.05, 0) is 75.0 Å². The number of hydrogen-bond donors (Lipinski definition) is 2. The Hall–Kier alpha value is -4.05. The Balaban J connectivity index is 1.22. The van der Waals surface area contributed by atoms with E-state index in [-0.39, 0.29) is 22.8 Å². The van der Waals surface area contributed by atoms with Gasteiger partial charge in [-0.2, -0.15) is 0 Å². The summed E-state index contributed by atoms with van der Waals surface area (Å²) in [5, 5.41) is 6.15. The number of carbonyl (C=O) groups excluding carboxylic acids is 1. The lowest BCUT2D eigenvalue weighted by Gasteiger charge is -2.32. The first kappa shape index (κ1) is 29.4. The van der Waals surface area contributed by atoms with Gasteiger partial charge in [0.05, 0.1) is 16.8 Å². The third-order valence-electron chi connectivity index (χ3n) is 7.97. The molecule has 10 heteroatoms. The molecule has 3 aromatic heterocycles. The topological polar surface area (TPSA) is 95.9 Å². The molecule has 1 fully saturated rings. The number of anilines is 1.